The molecular formula is C59H36F13NO14. The summed E-state index contributed by atoms with van der Waals surface area (Å²) in [6, 6.07) is 15.9. The van der Waals surface area contributed by atoms with Crippen LogP contribution in [0.2, 0.25) is 0 Å². The highest BCUT2D eigenvalue weighted by molar-refractivity contribution is 5.92. The number of esters is 5. The largest absolute Gasteiger partial charge is 0.459 e. The Bertz CT molecular complexity index is 3820. The van der Waals surface area contributed by atoms with Crippen LogP contribution in [0.4, 0.5) is 61.9 Å². The van der Waals surface area contributed by atoms with Crippen molar-refractivity contribution in [3.63, 3.8) is 0 Å². The van der Waals surface area contributed by atoms with E-state index in [4.69, 9.17) is 33.2 Å². The van der Waals surface area contributed by atoms with E-state index >= 15 is 22.0 Å². The van der Waals surface area contributed by atoms with Gasteiger partial charge in [-0.3, -0.25) is 4.90 Å². The van der Waals surface area contributed by atoms with Crippen molar-refractivity contribution in [3.8, 4) is 16.9 Å². The summed E-state index contributed by atoms with van der Waals surface area (Å²) in [6.07, 6.45) is -15.3. The first-order valence-corrected chi connectivity index (χ1v) is 25.1. The lowest BCUT2D eigenvalue weighted by atomic mass is 9.97. The second-order valence-corrected chi connectivity index (χ2v) is 18.8. The fraction of sp³-hybridized carbons (Fsp3) is 0.186. The minimum absolute atomic E-state index is 0.226. The van der Waals surface area contributed by atoms with E-state index in [9.17, 15) is 63.9 Å². The summed E-state index contributed by atoms with van der Waals surface area (Å²) in [5.74, 6) is -37.6. The highest BCUT2D eigenvalue weighted by Crippen LogP contribution is 2.45. The van der Waals surface area contributed by atoms with Crippen LogP contribution >= 0.6 is 0 Å². The molecule has 7 aromatic carbocycles. The lowest BCUT2D eigenvalue weighted by molar-refractivity contribution is -0.300. The molecule has 1 saturated heterocycles. The summed E-state index contributed by atoms with van der Waals surface area (Å²) in [6.45, 7) is -3.72. The topological polar surface area (TPSA) is 180 Å². The van der Waals surface area contributed by atoms with E-state index in [0.29, 0.717) is 65.7 Å². The molecule has 15 nitrogen and oxygen atoms in total. The minimum atomic E-state index is -2.87. The van der Waals surface area contributed by atoms with Crippen LogP contribution in [0.25, 0.3) is 11.1 Å². The van der Waals surface area contributed by atoms with Crippen molar-refractivity contribution in [2.75, 3.05) is 26.9 Å². The maximum atomic E-state index is 15.4. The van der Waals surface area contributed by atoms with Gasteiger partial charge in [0.1, 0.15) is 65.9 Å². The molecular weight excluding hydrogens is 1190 g/mol. The van der Waals surface area contributed by atoms with Crippen LogP contribution in [-0.2, 0) is 38.0 Å². The molecule has 1 aliphatic carbocycles. The number of carbonyl (C=O) groups is 6. The third kappa shape index (κ3) is 13.1. The van der Waals surface area contributed by atoms with Gasteiger partial charge in [0, 0.05) is 13.0 Å². The number of benzene rings is 7. The van der Waals surface area contributed by atoms with Crippen LogP contribution in [0.5, 0.6) is 5.75 Å². The van der Waals surface area contributed by atoms with Crippen molar-refractivity contribution >= 4 is 35.9 Å². The van der Waals surface area contributed by atoms with Gasteiger partial charge in [-0.2, -0.15) is 8.78 Å². The molecule has 1 heterocycles. The third-order valence-corrected chi connectivity index (χ3v) is 13.4. The lowest BCUT2D eigenvalue weighted by Gasteiger charge is -2.44. The monoisotopic (exact) mass is 1230 g/mol. The molecule has 6 atom stereocenters. The van der Waals surface area contributed by atoms with Crippen molar-refractivity contribution < 1.29 is 124 Å². The number of fused-ring (bicyclic) bond motifs is 3. The van der Waals surface area contributed by atoms with Gasteiger partial charge in [-0.05, 0) is 95.1 Å². The Hall–Kier alpha value is -9.83. The zero-order valence-corrected chi connectivity index (χ0v) is 43.8. The Balaban J connectivity index is 1.15. The Labute approximate surface area is 480 Å². The normalized spacial score (nSPS) is 17.3. The predicted octanol–water partition coefficient (Wildman–Crippen LogP) is 10.9. The van der Waals surface area contributed by atoms with Gasteiger partial charge in [-0.15, -0.1) is 0 Å². The molecule has 1 amide bonds. The molecule has 1 fully saturated rings. The van der Waals surface area contributed by atoms with E-state index in [1.165, 1.54) is 0 Å². The van der Waals surface area contributed by atoms with Crippen molar-refractivity contribution in [2.45, 2.75) is 42.7 Å². The molecule has 452 valence electrons. The standard InChI is InChI=1S/C59H36F13NO14/c1-73(59(79)82-22-37-31-8-4-2-6-29(31)30-7-3-5-9-32(30)37)42(57(78)85-50-47(71)45(69)44(68)46(70)48(50)72)23-81-58-52(87-56(77)36-21-28(63)13-17-41(36)67)51(86-55(76)35-20-27(62)12-16-40(35)66)49(84-54(75)34-19-26(61)11-15-39(34)65)43(83-58)24-80-53(74)33-18-25(60)10-14-38(33)64/h2-21,37,42-43,49,51-52,58H,22-24H2,1H3/t42-,43+,49+,51-,52+,58+/m0/s1. The van der Waals surface area contributed by atoms with E-state index in [-0.39, 0.29) is 23.1 Å². The number of hydrogen-bond donors (Lipinski definition) is 0. The molecule has 2 aliphatic rings. The molecule has 0 spiro atoms. The van der Waals surface area contributed by atoms with Crippen molar-refractivity contribution in [2.24, 2.45) is 0 Å². The zero-order chi connectivity index (χ0) is 62.7. The average molecular weight is 1230 g/mol. The SMILES string of the molecule is CN(C(=O)OCC1c2ccccc2-c2ccccc21)[C@@H](CO[C@@H]1O[C@H](COC(=O)c2cc(F)ccc2F)[C@@H](OC(=O)c2cc(F)ccc2F)[C@H](OC(=O)c2cc(F)ccc2F)[C@H]1OC(=O)c1cc(F)ccc1F)C(=O)Oc1c(F)c(F)c(F)c(F)c1F. The predicted molar refractivity (Wildman–Crippen MR) is 266 cm³/mol. The Morgan fingerprint density at radius 2 is 0.874 bits per heavy atom. The highest BCUT2D eigenvalue weighted by Gasteiger charge is 2.55. The second-order valence-electron chi connectivity index (χ2n) is 18.8. The molecule has 0 aromatic heterocycles. The highest BCUT2D eigenvalue weighted by atomic mass is 19.2. The molecule has 0 radical (unpaired) electrons. The van der Waals surface area contributed by atoms with Crippen molar-refractivity contribution in [3.05, 3.63) is 230 Å². The number of halogens is 13. The van der Waals surface area contributed by atoms with Crippen LogP contribution in [-0.4, -0.2) is 104 Å². The van der Waals surface area contributed by atoms with E-state index in [2.05, 4.69) is 4.74 Å². The van der Waals surface area contributed by atoms with Crippen LogP contribution in [0.3, 0.4) is 0 Å². The maximum absolute atomic E-state index is 15.4. The van der Waals surface area contributed by atoms with Crippen molar-refractivity contribution in [1.82, 2.24) is 4.90 Å². The van der Waals surface area contributed by atoms with Crippen molar-refractivity contribution in [1.29, 1.82) is 0 Å². The number of hydrogen-bond acceptors (Lipinski definition) is 14. The van der Waals surface area contributed by atoms with Gasteiger partial charge in [0.2, 0.25) is 34.8 Å². The molecule has 0 N–H and O–H groups in total. The summed E-state index contributed by atoms with van der Waals surface area (Å²) in [4.78, 5) is 84.2. The summed E-state index contributed by atoms with van der Waals surface area (Å²) in [5, 5.41) is 0. The zero-order valence-electron chi connectivity index (χ0n) is 43.8. The first kappa shape index (κ1) is 61.7. The second kappa shape index (κ2) is 25.8. The Kier molecular flexibility index (Phi) is 18.3. The first-order valence-electron chi connectivity index (χ1n) is 25.1. The molecule has 7 aromatic rings. The number of likely N-dealkylation sites (N-methyl/N-ethyl adjacent to an activating group) is 1. The number of nitrogens with zero attached hydrogens (tertiary/aromatic N) is 1. The fourth-order valence-electron chi connectivity index (χ4n) is 9.15. The van der Waals surface area contributed by atoms with Crippen LogP contribution in [0, 0.1) is 75.6 Å². The summed E-state index contributed by atoms with van der Waals surface area (Å²) < 4.78 is 237. The maximum Gasteiger partial charge on any atom is 0.410 e. The lowest BCUT2D eigenvalue weighted by Crippen LogP contribution is -2.63. The molecule has 28 heteroatoms. The smallest absolute Gasteiger partial charge is 0.410 e. The number of rotatable bonds is 17. The van der Waals surface area contributed by atoms with Gasteiger partial charge in [-0.1, -0.05) is 48.5 Å². The quantitative estimate of drug-likeness (QED) is 0.0210. The molecule has 0 bridgehead atoms. The minimum Gasteiger partial charge on any atom is -0.459 e. The molecule has 0 unspecified atom stereocenters. The van der Waals surface area contributed by atoms with Gasteiger partial charge in [0.15, 0.2) is 30.6 Å². The van der Waals surface area contributed by atoms with E-state index < -0.39 is 202 Å². The van der Waals surface area contributed by atoms with Gasteiger partial charge >= 0.3 is 35.9 Å². The third-order valence-electron chi connectivity index (χ3n) is 13.4. The van der Waals surface area contributed by atoms with Gasteiger partial charge in [0.25, 0.3) is 0 Å². The van der Waals surface area contributed by atoms with Crippen LogP contribution in [0.1, 0.15) is 58.5 Å². The van der Waals surface area contributed by atoms with E-state index in [1.54, 1.807) is 48.5 Å². The summed E-state index contributed by atoms with van der Waals surface area (Å²) in [5.41, 5.74) is -2.36. The fourth-order valence-corrected chi connectivity index (χ4v) is 9.15. The van der Waals surface area contributed by atoms with Gasteiger partial charge in [0.05, 0.1) is 28.9 Å². The molecule has 9 rings (SSSR count). The first-order chi connectivity index (χ1) is 41.4. The van der Waals surface area contributed by atoms with Gasteiger partial charge in [-0.25, -0.2) is 77.1 Å². The van der Waals surface area contributed by atoms with Gasteiger partial charge < -0.3 is 37.9 Å². The molecule has 1 aliphatic heterocycles. The van der Waals surface area contributed by atoms with E-state index in [1.807, 2.05) is 0 Å². The Morgan fingerprint density at radius 1 is 0.471 bits per heavy atom. The van der Waals surface area contributed by atoms with E-state index in [0.717, 1.165) is 18.2 Å². The summed E-state index contributed by atoms with van der Waals surface area (Å²) in [7, 11) is 0.728. The molecule has 87 heavy (non-hydrogen) atoms. The molecule has 0 saturated carbocycles. The Morgan fingerprint density at radius 3 is 1.33 bits per heavy atom. The number of ether oxygens (including phenoxy) is 8. The number of carbonyl (C=O) groups excluding carboxylic acids is 6. The van der Waals surface area contributed by atoms with Crippen LogP contribution in [0.15, 0.2) is 121 Å². The summed E-state index contributed by atoms with van der Waals surface area (Å²) >= 11 is 0. The number of amides is 1. The van der Waals surface area contributed by atoms with Crippen LogP contribution < -0.4 is 4.74 Å². The average Bonchev–Trinajstić information content (AvgIpc) is 3.49.